The van der Waals surface area contributed by atoms with E-state index in [9.17, 15) is 0 Å². The number of hydrogen-bond donors (Lipinski definition) is 1. The van der Waals surface area contributed by atoms with Crippen LogP contribution in [-0.4, -0.2) is 9.97 Å². The highest BCUT2D eigenvalue weighted by molar-refractivity contribution is 5.73. The Hall–Kier alpha value is -1.58. The van der Waals surface area contributed by atoms with E-state index >= 15 is 0 Å². The van der Waals surface area contributed by atoms with Crippen molar-refractivity contribution in [2.45, 2.75) is 6.92 Å². The van der Waals surface area contributed by atoms with Crippen LogP contribution in [0.5, 0.6) is 0 Å². The summed E-state index contributed by atoms with van der Waals surface area (Å²) in [5.41, 5.74) is 5.90. The third kappa shape index (κ3) is 0.920. The van der Waals surface area contributed by atoms with E-state index in [2.05, 4.69) is 9.97 Å². The molecule has 2 aromatic heterocycles. The van der Waals surface area contributed by atoms with Crippen molar-refractivity contribution < 1.29 is 4.42 Å². The molecular weight excluding hydrogens is 142 g/mol. The first kappa shape index (κ1) is 6.15. The Balaban J connectivity index is 2.82. The molecule has 0 bridgehead atoms. The third-order valence-corrected chi connectivity index (χ3v) is 1.42. The first-order valence-electron chi connectivity index (χ1n) is 3.24. The van der Waals surface area contributed by atoms with Gasteiger partial charge in [0.15, 0.2) is 0 Å². The number of fused-ring (bicyclic) bond motifs is 1. The first-order chi connectivity index (χ1) is 5.25. The molecule has 0 spiro atoms. The van der Waals surface area contributed by atoms with Gasteiger partial charge in [-0.25, -0.2) is 4.98 Å². The molecule has 0 unspecified atom stereocenters. The molecule has 0 saturated heterocycles. The van der Waals surface area contributed by atoms with Gasteiger partial charge in [0, 0.05) is 6.20 Å². The van der Waals surface area contributed by atoms with Crippen LogP contribution in [0.3, 0.4) is 0 Å². The predicted molar refractivity (Wildman–Crippen MR) is 41.0 cm³/mol. The molecule has 2 aromatic rings. The fraction of sp³-hybridized carbons (Fsp3) is 0.143. The van der Waals surface area contributed by atoms with E-state index in [4.69, 9.17) is 10.2 Å². The molecule has 0 atom stereocenters. The van der Waals surface area contributed by atoms with Crippen LogP contribution in [0.15, 0.2) is 16.7 Å². The molecule has 4 nitrogen and oxygen atoms in total. The summed E-state index contributed by atoms with van der Waals surface area (Å²) in [6.45, 7) is 1.86. The standard InChI is InChI=1S/C7H7N3O/c1-4-2-5-3-9-7(8)10-6(5)11-4/h2-3H,1H3,(H2,8,9,10). The smallest absolute Gasteiger partial charge is 0.231 e. The van der Waals surface area contributed by atoms with Gasteiger partial charge in [-0.1, -0.05) is 0 Å². The van der Waals surface area contributed by atoms with Gasteiger partial charge < -0.3 is 10.2 Å². The van der Waals surface area contributed by atoms with E-state index in [-0.39, 0.29) is 5.95 Å². The van der Waals surface area contributed by atoms with Crippen molar-refractivity contribution in [2.24, 2.45) is 0 Å². The van der Waals surface area contributed by atoms with Crippen LogP contribution >= 0.6 is 0 Å². The first-order valence-corrected chi connectivity index (χ1v) is 3.24. The van der Waals surface area contributed by atoms with Crippen LogP contribution in [0.25, 0.3) is 11.1 Å². The van der Waals surface area contributed by atoms with Gasteiger partial charge in [0.05, 0.1) is 5.39 Å². The van der Waals surface area contributed by atoms with Gasteiger partial charge in [-0.05, 0) is 13.0 Å². The van der Waals surface area contributed by atoms with E-state index in [0.717, 1.165) is 11.1 Å². The lowest BCUT2D eigenvalue weighted by Crippen LogP contribution is -1.91. The molecule has 2 N–H and O–H groups in total. The average molecular weight is 149 g/mol. The van der Waals surface area contributed by atoms with E-state index in [1.807, 2.05) is 13.0 Å². The van der Waals surface area contributed by atoms with E-state index < -0.39 is 0 Å². The van der Waals surface area contributed by atoms with Crippen molar-refractivity contribution in [2.75, 3.05) is 5.73 Å². The highest BCUT2D eigenvalue weighted by Gasteiger charge is 2.01. The van der Waals surface area contributed by atoms with Crippen molar-refractivity contribution >= 4 is 17.0 Å². The largest absolute Gasteiger partial charge is 0.443 e. The normalized spacial score (nSPS) is 10.6. The highest BCUT2D eigenvalue weighted by Crippen LogP contribution is 2.15. The number of nitrogen functional groups attached to an aromatic ring is 1. The Bertz CT molecular complexity index is 393. The maximum atomic E-state index is 5.35. The number of nitrogens with zero attached hydrogens (tertiary/aromatic N) is 2. The van der Waals surface area contributed by atoms with Crippen LogP contribution in [-0.2, 0) is 0 Å². The highest BCUT2D eigenvalue weighted by atomic mass is 16.3. The molecule has 0 fully saturated rings. The minimum Gasteiger partial charge on any atom is -0.443 e. The van der Waals surface area contributed by atoms with Gasteiger partial charge in [0.2, 0.25) is 11.7 Å². The number of anilines is 1. The van der Waals surface area contributed by atoms with Gasteiger partial charge in [-0.2, -0.15) is 4.98 Å². The summed E-state index contributed by atoms with van der Waals surface area (Å²) in [5, 5.41) is 0.886. The van der Waals surface area contributed by atoms with Crippen molar-refractivity contribution in [3.63, 3.8) is 0 Å². The maximum Gasteiger partial charge on any atom is 0.231 e. The molecule has 56 valence electrons. The second kappa shape index (κ2) is 1.95. The van der Waals surface area contributed by atoms with Gasteiger partial charge in [-0.3, -0.25) is 0 Å². The molecule has 0 radical (unpaired) electrons. The summed E-state index contributed by atoms with van der Waals surface area (Å²) in [6, 6.07) is 1.87. The topological polar surface area (TPSA) is 64.9 Å². The SMILES string of the molecule is Cc1cc2cnc(N)nc2o1. The zero-order valence-corrected chi connectivity index (χ0v) is 6.03. The fourth-order valence-electron chi connectivity index (χ4n) is 0.970. The molecule has 0 amide bonds. The fourth-order valence-corrected chi connectivity index (χ4v) is 0.970. The lowest BCUT2D eigenvalue weighted by Gasteiger charge is -1.87. The second-order valence-corrected chi connectivity index (χ2v) is 2.35. The number of aromatic nitrogens is 2. The Morgan fingerprint density at radius 1 is 1.55 bits per heavy atom. The number of hydrogen-bond acceptors (Lipinski definition) is 4. The van der Waals surface area contributed by atoms with Crippen molar-refractivity contribution in [1.82, 2.24) is 9.97 Å². The molecule has 4 heteroatoms. The summed E-state index contributed by atoms with van der Waals surface area (Å²) < 4.78 is 5.22. The van der Waals surface area contributed by atoms with Gasteiger partial charge in [-0.15, -0.1) is 0 Å². The molecule has 0 aromatic carbocycles. The lowest BCUT2D eigenvalue weighted by molar-refractivity contribution is 0.567. The Morgan fingerprint density at radius 2 is 2.36 bits per heavy atom. The summed E-state index contributed by atoms with van der Waals surface area (Å²) in [6.07, 6.45) is 1.65. The molecular formula is C7H7N3O. The maximum absolute atomic E-state index is 5.35. The van der Waals surface area contributed by atoms with E-state index in [1.165, 1.54) is 0 Å². The zero-order valence-electron chi connectivity index (χ0n) is 6.03. The zero-order chi connectivity index (χ0) is 7.84. The third-order valence-electron chi connectivity index (χ3n) is 1.42. The molecule has 0 saturated carbocycles. The van der Waals surface area contributed by atoms with Crippen LogP contribution in [0, 0.1) is 6.92 Å². The Morgan fingerprint density at radius 3 is 3.18 bits per heavy atom. The molecule has 11 heavy (non-hydrogen) atoms. The lowest BCUT2D eigenvalue weighted by atomic mass is 10.4. The summed E-state index contributed by atoms with van der Waals surface area (Å²) in [4.78, 5) is 7.72. The Kier molecular flexibility index (Phi) is 1.09. The van der Waals surface area contributed by atoms with E-state index in [0.29, 0.717) is 5.71 Å². The molecule has 0 aliphatic heterocycles. The molecule has 0 aliphatic carbocycles. The van der Waals surface area contributed by atoms with Crippen LogP contribution < -0.4 is 5.73 Å². The van der Waals surface area contributed by atoms with Crippen molar-refractivity contribution in [1.29, 1.82) is 0 Å². The van der Waals surface area contributed by atoms with Gasteiger partial charge >= 0.3 is 0 Å². The van der Waals surface area contributed by atoms with Crippen LogP contribution in [0.1, 0.15) is 5.76 Å². The van der Waals surface area contributed by atoms with E-state index in [1.54, 1.807) is 6.20 Å². The Labute approximate surface area is 63.1 Å². The van der Waals surface area contributed by atoms with Crippen LogP contribution in [0.4, 0.5) is 5.95 Å². The minimum atomic E-state index is 0.242. The quantitative estimate of drug-likeness (QED) is 0.609. The number of aryl methyl sites for hydroxylation is 1. The summed E-state index contributed by atoms with van der Waals surface area (Å²) in [7, 11) is 0. The average Bonchev–Trinajstić information content (AvgIpc) is 2.27. The second-order valence-electron chi connectivity index (χ2n) is 2.35. The van der Waals surface area contributed by atoms with Crippen molar-refractivity contribution in [3.05, 3.63) is 18.0 Å². The van der Waals surface area contributed by atoms with Crippen LogP contribution in [0.2, 0.25) is 0 Å². The number of nitrogens with two attached hydrogens (primary N) is 1. The van der Waals surface area contributed by atoms with Gasteiger partial charge in [0.25, 0.3) is 0 Å². The molecule has 2 heterocycles. The number of furan rings is 1. The summed E-state index contributed by atoms with van der Waals surface area (Å²) in [5.74, 6) is 1.06. The molecule has 2 rings (SSSR count). The number of rotatable bonds is 0. The monoisotopic (exact) mass is 149 g/mol. The van der Waals surface area contributed by atoms with Gasteiger partial charge in [0.1, 0.15) is 5.76 Å². The predicted octanol–water partition coefficient (Wildman–Crippen LogP) is 1.11. The minimum absolute atomic E-state index is 0.242. The van der Waals surface area contributed by atoms with Crippen molar-refractivity contribution in [3.8, 4) is 0 Å². The molecule has 0 aliphatic rings. The summed E-state index contributed by atoms with van der Waals surface area (Å²) >= 11 is 0.